The minimum atomic E-state index is -0.620. The first-order valence-corrected chi connectivity index (χ1v) is 17.3. The van der Waals surface area contributed by atoms with E-state index in [0.717, 1.165) is 58.0 Å². The fourth-order valence-corrected chi connectivity index (χ4v) is 4.19. The van der Waals surface area contributed by atoms with Gasteiger partial charge in [-0.2, -0.15) is 0 Å². The summed E-state index contributed by atoms with van der Waals surface area (Å²) in [6, 6.07) is 0. The van der Waals surface area contributed by atoms with E-state index < -0.39 is 18.3 Å². The van der Waals surface area contributed by atoms with Gasteiger partial charge in [0.15, 0.2) is 0 Å². The molecule has 0 bridgehead atoms. The van der Waals surface area contributed by atoms with Crippen molar-refractivity contribution >= 4 is 35.8 Å². The number of carbonyl (C=O) groups is 4. The van der Waals surface area contributed by atoms with Crippen LogP contribution in [0.4, 0.5) is 14.4 Å². The highest BCUT2D eigenvalue weighted by Crippen LogP contribution is 2.08. The Kier molecular flexibility index (Phi) is 29.0. The quantitative estimate of drug-likeness (QED) is 0.0359. The van der Waals surface area contributed by atoms with E-state index in [-0.39, 0.29) is 52.0 Å². The van der Waals surface area contributed by atoms with Crippen LogP contribution in [0.15, 0.2) is 24.3 Å². The Morgan fingerprint density at radius 1 is 0.562 bits per heavy atom. The number of rotatable bonds is 28. The first-order valence-electron chi connectivity index (χ1n) is 16.7. The molecule has 3 N–H and O–H groups in total. The molecule has 1 rings (SSSR count). The van der Waals surface area contributed by atoms with Crippen molar-refractivity contribution in [2.75, 3.05) is 111 Å². The van der Waals surface area contributed by atoms with E-state index in [9.17, 15) is 19.2 Å². The number of nitrogens with zero attached hydrogens (tertiary/aromatic N) is 1. The summed E-state index contributed by atoms with van der Waals surface area (Å²) >= 11 is 5.64. The number of ether oxygens (including phenoxy) is 7. The zero-order valence-electron chi connectivity index (χ0n) is 28.1. The third kappa shape index (κ3) is 28.0. The summed E-state index contributed by atoms with van der Waals surface area (Å²) in [7, 11) is 0. The van der Waals surface area contributed by atoms with E-state index in [2.05, 4.69) is 16.0 Å². The van der Waals surface area contributed by atoms with Gasteiger partial charge in [0.25, 0.3) is 0 Å². The summed E-state index contributed by atoms with van der Waals surface area (Å²) in [5.74, 6) is 0.660. The average Bonchev–Trinajstić information content (AvgIpc) is 3.09. The van der Waals surface area contributed by atoms with Crippen LogP contribution in [0.2, 0.25) is 0 Å². The Balaban J connectivity index is 1.81. The van der Waals surface area contributed by atoms with E-state index in [4.69, 9.17) is 44.8 Å². The van der Waals surface area contributed by atoms with Crippen LogP contribution in [0, 0.1) is 0 Å². The molecule has 0 radical (unpaired) electrons. The average molecular weight is 707 g/mol. The number of hydrogen-bond donors (Lipinski definition) is 3. The molecular weight excluding hydrogens is 652 g/mol. The molecule has 0 atom stereocenters. The second kappa shape index (κ2) is 32.4. The Morgan fingerprint density at radius 3 is 1.71 bits per heavy atom. The van der Waals surface area contributed by atoms with Crippen LogP contribution in [-0.2, 0) is 38.0 Å². The highest BCUT2D eigenvalue weighted by molar-refractivity contribution is 6.17. The molecule has 4 amide bonds. The van der Waals surface area contributed by atoms with Gasteiger partial charge in [0, 0.05) is 51.3 Å². The Hall–Kier alpha value is -3.11. The molecule has 0 spiro atoms. The van der Waals surface area contributed by atoms with Gasteiger partial charge in [-0.1, -0.05) is 18.9 Å². The molecule has 1 aliphatic rings. The third-order valence-corrected chi connectivity index (χ3v) is 6.76. The summed E-state index contributed by atoms with van der Waals surface area (Å²) < 4.78 is 36.5. The van der Waals surface area contributed by atoms with Gasteiger partial charge in [-0.25, -0.2) is 14.4 Å². The van der Waals surface area contributed by atoms with Crippen molar-refractivity contribution in [1.29, 1.82) is 0 Å². The lowest BCUT2D eigenvalue weighted by Gasteiger charge is -2.25. The summed E-state index contributed by atoms with van der Waals surface area (Å²) in [4.78, 5) is 48.8. The van der Waals surface area contributed by atoms with E-state index in [0.29, 0.717) is 52.1 Å². The Bertz CT molecular complexity index is 905. The van der Waals surface area contributed by atoms with Crippen LogP contribution in [-0.4, -0.2) is 140 Å². The van der Waals surface area contributed by atoms with Crippen molar-refractivity contribution in [3.8, 4) is 0 Å². The van der Waals surface area contributed by atoms with Crippen LogP contribution in [0.3, 0.4) is 0 Å². The number of nitrogens with one attached hydrogen (secondary N) is 3. The molecule has 0 aromatic carbocycles. The van der Waals surface area contributed by atoms with Crippen LogP contribution in [0.1, 0.15) is 44.9 Å². The van der Waals surface area contributed by atoms with Gasteiger partial charge in [-0.15, -0.1) is 11.6 Å². The fraction of sp³-hybridized carbons (Fsp3) is 0.750. The van der Waals surface area contributed by atoms with Crippen molar-refractivity contribution in [2.45, 2.75) is 44.9 Å². The van der Waals surface area contributed by atoms with Crippen molar-refractivity contribution in [2.24, 2.45) is 0 Å². The number of hydrogen-bond acceptors (Lipinski definition) is 11. The van der Waals surface area contributed by atoms with Gasteiger partial charge in [-0.3, -0.25) is 4.79 Å². The molecule has 15 nitrogen and oxygen atoms in total. The minimum absolute atomic E-state index is 0.00561. The number of alkyl halides is 1. The zero-order valence-corrected chi connectivity index (χ0v) is 28.9. The Morgan fingerprint density at radius 2 is 1.08 bits per heavy atom. The standard InChI is InChI=1S/C32H55ClN4O11/c33-12-4-1-2-7-18-42-23-24-43-22-15-36-32(41)48-28-27-45-26-25-44-21-14-35-31(40)47-20-9-8-19-46-30(39)34-13-10-11-29(38)37-16-5-3-6-17-37/h8-11H,1-7,12-28H2,(H,34,39)(H,35,40)(H,36,41)/b9-8-,11-10+. The molecule has 1 saturated heterocycles. The number of amides is 4. The maximum atomic E-state index is 12.0. The van der Waals surface area contributed by atoms with Crippen molar-refractivity contribution in [1.82, 2.24) is 20.9 Å². The lowest BCUT2D eigenvalue weighted by molar-refractivity contribution is -0.126. The van der Waals surface area contributed by atoms with Gasteiger partial charge < -0.3 is 54.0 Å². The second-order valence-corrected chi connectivity index (χ2v) is 10.8. The third-order valence-electron chi connectivity index (χ3n) is 6.49. The molecule has 0 unspecified atom stereocenters. The summed E-state index contributed by atoms with van der Waals surface area (Å²) in [5.41, 5.74) is 0. The molecule has 1 aliphatic heterocycles. The molecular formula is C32H55ClN4O11. The van der Waals surface area contributed by atoms with Gasteiger partial charge in [0.2, 0.25) is 5.91 Å². The van der Waals surface area contributed by atoms with Crippen molar-refractivity contribution < 1.29 is 52.3 Å². The SMILES string of the molecule is O=C(NC/C=C/C(=O)N1CCCCC1)OC/C=C\COC(=O)NCCOCCOCCOC(=O)NCCOCCOCCCCCCCl. The normalized spacial score (nSPS) is 13.1. The first-order chi connectivity index (χ1) is 23.5. The molecule has 0 saturated carbocycles. The monoisotopic (exact) mass is 706 g/mol. The lowest BCUT2D eigenvalue weighted by Crippen LogP contribution is -2.34. The van der Waals surface area contributed by atoms with Crippen molar-refractivity contribution in [3.05, 3.63) is 24.3 Å². The summed E-state index contributed by atoms with van der Waals surface area (Å²) in [6.45, 7) is 5.61. The number of alkyl carbamates (subject to hydrolysis) is 3. The summed E-state index contributed by atoms with van der Waals surface area (Å²) in [5, 5.41) is 7.66. The predicted octanol–water partition coefficient (Wildman–Crippen LogP) is 3.16. The molecule has 0 aromatic rings. The van der Waals surface area contributed by atoms with Gasteiger partial charge in [-0.05, 0) is 44.3 Å². The second-order valence-electron chi connectivity index (χ2n) is 10.4. The molecule has 48 heavy (non-hydrogen) atoms. The highest BCUT2D eigenvalue weighted by Gasteiger charge is 2.13. The summed E-state index contributed by atoms with van der Waals surface area (Å²) in [6.07, 6.45) is 11.9. The van der Waals surface area contributed by atoms with Gasteiger partial charge in [0.05, 0.1) is 46.2 Å². The lowest BCUT2D eigenvalue weighted by atomic mass is 10.1. The first kappa shape index (κ1) is 42.9. The molecule has 0 aliphatic carbocycles. The topological polar surface area (TPSA) is 172 Å². The van der Waals surface area contributed by atoms with Crippen LogP contribution in [0.25, 0.3) is 0 Å². The largest absolute Gasteiger partial charge is 0.447 e. The van der Waals surface area contributed by atoms with Crippen LogP contribution < -0.4 is 16.0 Å². The molecule has 0 aromatic heterocycles. The van der Waals surface area contributed by atoms with E-state index >= 15 is 0 Å². The van der Waals surface area contributed by atoms with Crippen molar-refractivity contribution in [3.63, 3.8) is 0 Å². The maximum Gasteiger partial charge on any atom is 0.407 e. The van der Waals surface area contributed by atoms with Gasteiger partial charge in [0.1, 0.15) is 19.8 Å². The highest BCUT2D eigenvalue weighted by atomic mass is 35.5. The predicted molar refractivity (Wildman–Crippen MR) is 179 cm³/mol. The fourth-order valence-electron chi connectivity index (χ4n) is 4.00. The number of carbonyl (C=O) groups excluding carboxylic acids is 4. The Labute approximate surface area is 289 Å². The number of halogens is 1. The maximum absolute atomic E-state index is 12.0. The zero-order chi connectivity index (χ0) is 34.8. The van der Waals surface area contributed by atoms with Crippen LogP contribution in [0.5, 0.6) is 0 Å². The van der Waals surface area contributed by atoms with E-state index in [1.54, 1.807) is 23.1 Å². The molecule has 1 fully saturated rings. The van der Waals surface area contributed by atoms with Crippen LogP contribution >= 0.6 is 11.6 Å². The minimum Gasteiger partial charge on any atom is -0.447 e. The molecule has 276 valence electrons. The smallest absolute Gasteiger partial charge is 0.407 e. The molecule has 16 heteroatoms. The number of piperidine rings is 1. The van der Waals surface area contributed by atoms with E-state index in [1.165, 1.54) is 6.08 Å². The number of likely N-dealkylation sites (tertiary alicyclic amines) is 1. The molecule has 1 heterocycles. The van der Waals surface area contributed by atoms with Gasteiger partial charge >= 0.3 is 18.3 Å². The number of unbranched alkanes of at least 4 members (excludes halogenated alkanes) is 3. The van der Waals surface area contributed by atoms with E-state index in [1.807, 2.05) is 0 Å².